The summed E-state index contributed by atoms with van der Waals surface area (Å²) in [7, 11) is 0. The molecule has 310 valence electrons. The summed E-state index contributed by atoms with van der Waals surface area (Å²) in [6.45, 7) is 1.80. The second-order valence-electron chi connectivity index (χ2n) is 12.4. The van der Waals surface area contributed by atoms with Crippen molar-refractivity contribution in [3.63, 3.8) is 0 Å². The lowest BCUT2D eigenvalue weighted by Gasteiger charge is -2.22. The largest absolute Gasteiger partial charge is 0.481 e. The first-order chi connectivity index (χ1) is 26.3. The van der Waals surface area contributed by atoms with Gasteiger partial charge in [-0.3, -0.25) is 28.8 Å². The number of thiol groups is 1. The van der Waals surface area contributed by atoms with E-state index in [9.17, 15) is 63.3 Å². The van der Waals surface area contributed by atoms with E-state index in [0.717, 1.165) is 0 Å². The standard InChI is InChI=1S/C33H47N7O15S/c1-17(16-56)36-28(48)23(14-27(46)47)38-29(49)22(13-26(44)45)37-24(41)12-18-5-7-19(8-6-18)15-35-32(54)34-11-3-2-4-20(30(50)51)39-33(55)40-21(31(52)53)9-10-25(42)43/h5-8,17,20-23,56H,2-4,9-16H2,1H3,(H,36,48)(H,37,41)(H,38,49)(H,42,43)(H,44,45)(H,46,47)(H,50,51)(H,52,53)(H2,34,35,54)(H2,39,40,55)/t17-,20+,21+,22-,23-/m1/s1. The molecule has 56 heavy (non-hydrogen) atoms. The summed E-state index contributed by atoms with van der Waals surface area (Å²) >= 11 is 4.03. The number of unbranched alkanes of at least 4 members (excludes halogenated alkanes) is 1. The third-order valence-corrected chi connectivity index (χ3v) is 8.15. The minimum absolute atomic E-state index is 0.0565. The van der Waals surface area contributed by atoms with Crippen LogP contribution in [0.25, 0.3) is 0 Å². The molecular weight excluding hydrogens is 766 g/mol. The van der Waals surface area contributed by atoms with Gasteiger partial charge in [-0.1, -0.05) is 24.3 Å². The van der Waals surface area contributed by atoms with Crippen molar-refractivity contribution in [1.29, 1.82) is 0 Å². The first-order valence-corrected chi connectivity index (χ1v) is 17.7. The van der Waals surface area contributed by atoms with E-state index in [-0.39, 0.29) is 38.1 Å². The molecule has 1 aromatic carbocycles. The molecule has 1 rings (SSSR count). The predicted octanol–water partition coefficient (Wildman–Crippen LogP) is -1.38. The molecule has 22 nitrogen and oxygen atoms in total. The Hall–Kier alpha value is -6.13. The molecule has 1 aromatic rings. The molecule has 23 heteroatoms. The maximum atomic E-state index is 12.9. The van der Waals surface area contributed by atoms with Gasteiger partial charge in [-0.05, 0) is 43.7 Å². The van der Waals surface area contributed by atoms with E-state index >= 15 is 0 Å². The Morgan fingerprint density at radius 3 is 1.62 bits per heavy atom. The van der Waals surface area contributed by atoms with Crippen LogP contribution in [0.15, 0.2) is 24.3 Å². The van der Waals surface area contributed by atoms with Gasteiger partial charge in [0.2, 0.25) is 17.7 Å². The Bertz CT molecular complexity index is 1580. The van der Waals surface area contributed by atoms with Gasteiger partial charge in [0, 0.05) is 31.3 Å². The third kappa shape index (κ3) is 20.4. The fraction of sp³-hybridized carbons (Fsp3) is 0.515. The minimum Gasteiger partial charge on any atom is -0.481 e. The molecule has 0 heterocycles. The van der Waals surface area contributed by atoms with Crippen molar-refractivity contribution >= 4 is 72.3 Å². The summed E-state index contributed by atoms with van der Waals surface area (Å²) in [6, 6.07) is -1.90. The van der Waals surface area contributed by atoms with Crippen LogP contribution in [0.5, 0.6) is 0 Å². The van der Waals surface area contributed by atoms with Crippen LogP contribution in [0, 0.1) is 0 Å². The highest BCUT2D eigenvalue weighted by Crippen LogP contribution is 2.07. The van der Waals surface area contributed by atoms with E-state index in [1.165, 1.54) is 0 Å². The van der Waals surface area contributed by atoms with Crippen molar-refractivity contribution in [1.82, 2.24) is 37.2 Å². The second-order valence-corrected chi connectivity index (χ2v) is 12.8. The van der Waals surface area contributed by atoms with Crippen LogP contribution >= 0.6 is 12.6 Å². The third-order valence-electron chi connectivity index (χ3n) is 7.60. The maximum Gasteiger partial charge on any atom is 0.326 e. The minimum atomic E-state index is -1.63. The van der Waals surface area contributed by atoms with Gasteiger partial charge in [0.25, 0.3) is 0 Å². The number of hydrogen-bond donors (Lipinski definition) is 13. The highest BCUT2D eigenvalue weighted by molar-refractivity contribution is 7.80. The fourth-order valence-electron chi connectivity index (χ4n) is 4.70. The lowest BCUT2D eigenvalue weighted by Crippen LogP contribution is -2.56. The Morgan fingerprint density at radius 1 is 0.589 bits per heavy atom. The molecular formula is C33H47N7O15S. The Kier molecular flexibility index (Phi) is 21.4. The van der Waals surface area contributed by atoms with Gasteiger partial charge in [0.1, 0.15) is 24.2 Å². The van der Waals surface area contributed by atoms with Gasteiger partial charge in [0.15, 0.2) is 0 Å². The molecule has 12 N–H and O–H groups in total. The number of rotatable bonds is 26. The van der Waals surface area contributed by atoms with Crippen molar-refractivity contribution in [2.45, 2.75) is 95.0 Å². The zero-order valence-corrected chi connectivity index (χ0v) is 31.1. The predicted molar refractivity (Wildman–Crippen MR) is 195 cm³/mol. The zero-order chi connectivity index (χ0) is 42.4. The van der Waals surface area contributed by atoms with E-state index in [0.29, 0.717) is 17.5 Å². The Balaban J connectivity index is 2.58. The van der Waals surface area contributed by atoms with Crippen molar-refractivity contribution in [2.75, 3.05) is 12.3 Å². The van der Waals surface area contributed by atoms with Crippen LogP contribution in [0.3, 0.4) is 0 Å². The summed E-state index contributed by atoms with van der Waals surface area (Å²) in [5.74, 6) is -9.42. The molecule has 0 bridgehead atoms. The highest BCUT2D eigenvalue weighted by Gasteiger charge is 2.30. The summed E-state index contributed by atoms with van der Waals surface area (Å²) in [6.07, 6.45) is -2.37. The maximum absolute atomic E-state index is 12.9. The summed E-state index contributed by atoms with van der Waals surface area (Å²) in [4.78, 5) is 119. The molecule has 0 saturated carbocycles. The van der Waals surface area contributed by atoms with Gasteiger partial charge < -0.3 is 62.8 Å². The van der Waals surface area contributed by atoms with Crippen molar-refractivity contribution in [2.24, 2.45) is 0 Å². The molecule has 0 saturated heterocycles. The molecule has 0 aliphatic heterocycles. The zero-order valence-electron chi connectivity index (χ0n) is 30.2. The van der Waals surface area contributed by atoms with E-state index in [2.05, 4.69) is 44.5 Å². The van der Waals surface area contributed by atoms with Crippen molar-refractivity contribution in [3.8, 4) is 0 Å². The molecule has 7 amide bonds. The van der Waals surface area contributed by atoms with E-state index in [1.807, 2.05) is 5.32 Å². The average Bonchev–Trinajstić information content (AvgIpc) is 3.10. The number of urea groups is 2. The van der Waals surface area contributed by atoms with Crippen LogP contribution in [-0.4, -0.2) is 128 Å². The molecule has 0 aliphatic carbocycles. The average molecular weight is 814 g/mol. The van der Waals surface area contributed by atoms with Crippen molar-refractivity contribution < 1.29 is 73.5 Å². The Morgan fingerprint density at radius 2 is 1.11 bits per heavy atom. The fourth-order valence-corrected chi connectivity index (χ4v) is 4.79. The molecule has 0 unspecified atom stereocenters. The molecule has 5 atom stereocenters. The van der Waals surface area contributed by atoms with E-state index in [1.54, 1.807) is 31.2 Å². The molecule has 0 aromatic heterocycles. The highest BCUT2D eigenvalue weighted by atomic mass is 32.1. The number of carbonyl (C=O) groups is 10. The number of benzene rings is 1. The van der Waals surface area contributed by atoms with Crippen LogP contribution in [-0.2, 0) is 51.3 Å². The first-order valence-electron chi connectivity index (χ1n) is 17.1. The van der Waals surface area contributed by atoms with Crippen molar-refractivity contribution in [3.05, 3.63) is 35.4 Å². The number of carboxylic acid groups (broad SMARTS) is 5. The van der Waals surface area contributed by atoms with Crippen LogP contribution in [0.4, 0.5) is 9.59 Å². The Labute approximate surface area is 325 Å². The van der Waals surface area contributed by atoms with Crippen LogP contribution < -0.4 is 37.2 Å². The number of amides is 7. The number of hydrogen-bond acceptors (Lipinski definition) is 11. The number of nitrogens with one attached hydrogen (secondary N) is 7. The van der Waals surface area contributed by atoms with Crippen LogP contribution in [0.2, 0.25) is 0 Å². The number of aliphatic carboxylic acids is 5. The summed E-state index contributed by atoms with van der Waals surface area (Å²) in [5, 5.41) is 62.0. The molecule has 0 spiro atoms. The van der Waals surface area contributed by atoms with Crippen LogP contribution in [0.1, 0.15) is 63.0 Å². The van der Waals surface area contributed by atoms with Gasteiger partial charge >= 0.3 is 41.9 Å². The summed E-state index contributed by atoms with van der Waals surface area (Å²) in [5.41, 5.74) is 1.09. The lowest BCUT2D eigenvalue weighted by molar-refractivity contribution is -0.143. The summed E-state index contributed by atoms with van der Waals surface area (Å²) < 4.78 is 0. The van der Waals surface area contributed by atoms with Gasteiger partial charge in [-0.2, -0.15) is 12.6 Å². The molecule has 0 aliphatic rings. The normalized spacial score (nSPS) is 13.2. The number of carboxylic acids is 5. The quantitative estimate of drug-likeness (QED) is 0.0379. The first kappa shape index (κ1) is 47.9. The SMILES string of the molecule is C[C@H](CS)NC(=O)[C@@H](CC(=O)O)NC(=O)[C@@H](CC(=O)O)NC(=O)Cc1ccc(CNC(=O)NCCCC[C@H](NC(=O)N[C@@H](CCC(=O)O)C(=O)O)C(=O)O)cc1. The van der Waals surface area contributed by atoms with Gasteiger partial charge in [-0.25, -0.2) is 19.2 Å². The van der Waals surface area contributed by atoms with E-state index in [4.69, 9.17) is 10.2 Å². The topological polar surface area (TPSA) is 356 Å². The molecule has 0 radical (unpaired) electrons. The van der Waals surface area contributed by atoms with Gasteiger partial charge in [0.05, 0.1) is 19.3 Å². The smallest absolute Gasteiger partial charge is 0.326 e. The van der Waals surface area contributed by atoms with E-state index < -0.39 is 116 Å². The lowest BCUT2D eigenvalue weighted by atomic mass is 10.1. The number of carbonyl (C=O) groups excluding carboxylic acids is 5. The molecule has 0 fully saturated rings. The monoisotopic (exact) mass is 813 g/mol. The second kappa shape index (κ2) is 25.0. The van der Waals surface area contributed by atoms with Gasteiger partial charge in [-0.15, -0.1) is 0 Å².